The first-order valence-electron chi connectivity index (χ1n) is 10.8. The predicted molar refractivity (Wildman–Crippen MR) is 130 cm³/mol. The molecule has 174 valence electrons. The minimum Gasteiger partial charge on any atom is -0.465 e. The van der Waals surface area contributed by atoms with Crippen molar-refractivity contribution in [2.75, 3.05) is 23.8 Å². The number of anilines is 1. The van der Waals surface area contributed by atoms with E-state index >= 15 is 0 Å². The molecular formula is C25H24N4O4S. The monoisotopic (exact) mass is 476 g/mol. The lowest BCUT2D eigenvalue weighted by Crippen LogP contribution is -2.37. The number of ether oxygens (including phenoxy) is 1. The average molecular weight is 477 g/mol. The molecule has 4 rings (SSSR count). The Balaban J connectivity index is 1.59. The van der Waals surface area contributed by atoms with Gasteiger partial charge in [0.25, 0.3) is 0 Å². The van der Waals surface area contributed by atoms with E-state index in [0.29, 0.717) is 22.4 Å². The first-order chi connectivity index (χ1) is 16.6. The number of aromatic nitrogens is 3. The molecule has 2 aromatic heterocycles. The molecule has 0 aliphatic heterocycles. The van der Waals surface area contributed by atoms with Crippen LogP contribution in [0.1, 0.15) is 12.5 Å². The molecule has 0 N–H and O–H groups in total. The summed E-state index contributed by atoms with van der Waals surface area (Å²) in [6.07, 6.45) is 1.57. The summed E-state index contributed by atoms with van der Waals surface area (Å²) in [5, 5.41) is 9.14. The highest BCUT2D eigenvalue weighted by atomic mass is 32.2. The summed E-state index contributed by atoms with van der Waals surface area (Å²) in [6.45, 7) is 3.78. The Morgan fingerprint density at radius 3 is 2.47 bits per heavy atom. The molecule has 0 radical (unpaired) electrons. The number of benzene rings is 2. The number of esters is 1. The van der Waals surface area contributed by atoms with Crippen LogP contribution < -0.4 is 4.90 Å². The molecule has 34 heavy (non-hydrogen) atoms. The van der Waals surface area contributed by atoms with Crippen molar-refractivity contribution >= 4 is 29.3 Å². The minimum absolute atomic E-state index is 0.0520. The molecule has 8 nitrogen and oxygen atoms in total. The van der Waals surface area contributed by atoms with E-state index in [-0.39, 0.29) is 24.8 Å². The van der Waals surface area contributed by atoms with Gasteiger partial charge in [0.1, 0.15) is 6.54 Å². The summed E-state index contributed by atoms with van der Waals surface area (Å²) >= 11 is 1.24. The number of furan rings is 1. The van der Waals surface area contributed by atoms with Crippen molar-refractivity contribution in [2.24, 2.45) is 0 Å². The number of amides is 1. The number of rotatable bonds is 9. The van der Waals surface area contributed by atoms with Crippen LogP contribution in [0.2, 0.25) is 0 Å². The van der Waals surface area contributed by atoms with E-state index in [1.807, 2.05) is 72.2 Å². The van der Waals surface area contributed by atoms with Gasteiger partial charge in [-0.05, 0) is 50.2 Å². The van der Waals surface area contributed by atoms with Crippen LogP contribution >= 0.6 is 11.8 Å². The van der Waals surface area contributed by atoms with Gasteiger partial charge in [0.2, 0.25) is 11.7 Å². The summed E-state index contributed by atoms with van der Waals surface area (Å²) in [7, 11) is 0. The van der Waals surface area contributed by atoms with Gasteiger partial charge in [-0.25, -0.2) is 0 Å². The third kappa shape index (κ3) is 5.37. The largest absolute Gasteiger partial charge is 0.465 e. The molecule has 0 aliphatic carbocycles. The maximum absolute atomic E-state index is 13.2. The van der Waals surface area contributed by atoms with Crippen LogP contribution in [0.4, 0.5) is 5.69 Å². The fraction of sp³-hybridized carbons (Fsp3) is 0.200. The third-order valence-corrected chi connectivity index (χ3v) is 5.87. The second-order valence-electron chi connectivity index (χ2n) is 7.36. The minimum atomic E-state index is -0.464. The Kier molecular flexibility index (Phi) is 7.44. The summed E-state index contributed by atoms with van der Waals surface area (Å²) in [5.74, 6) is 0.445. The van der Waals surface area contributed by atoms with Crippen LogP contribution in [-0.4, -0.2) is 45.5 Å². The second kappa shape index (κ2) is 10.8. The fourth-order valence-electron chi connectivity index (χ4n) is 3.33. The van der Waals surface area contributed by atoms with Crippen LogP contribution in [0, 0.1) is 6.92 Å². The Bertz CT molecular complexity index is 1240. The predicted octanol–water partition coefficient (Wildman–Crippen LogP) is 4.52. The standard InChI is InChI=1S/C25H24N4O4S/c1-3-32-23(31)16-28(19-13-11-18(2)12-14-19)22(30)17-34-25-27-26-24(21-10-7-15-33-21)29(25)20-8-5-4-6-9-20/h4-15H,3,16-17H2,1-2H3. The fourth-order valence-corrected chi connectivity index (χ4v) is 4.15. The Morgan fingerprint density at radius 1 is 1.03 bits per heavy atom. The zero-order chi connectivity index (χ0) is 23.9. The molecule has 0 spiro atoms. The maximum atomic E-state index is 13.2. The van der Waals surface area contributed by atoms with E-state index in [4.69, 9.17) is 9.15 Å². The number of nitrogens with zero attached hydrogens (tertiary/aromatic N) is 4. The maximum Gasteiger partial charge on any atom is 0.326 e. The van der Waals surface area contributed by atoms with E-state index in [1.54, 1.807) is 19.3 Å². The molecule has 0 unspecified atom stereocenters. The highest BCUT2D eigenvalue weighted by Gasteiger charge is 2.23. The zero-order valence-corrected chi connectivity index (χ0v) is 19.7. The van der Waals surface area contributed by atoms with E-state index < -0.39 is 5.97 Å². The number of para-hydroxylation sites is 1. The summed E-state index contributed by atoms with van der Waals surface area (Å²) in [6, 6.07) is 20.6. The van der Waals surface area contributed by atoms with Crippen molar-refractivity contribution < 1.29 is 18.7 Å². The number of aryl methyl sites for hydroxylation is 1. The Labute approximate surface area is 201 Å². The van der Waals surface area contributed by atoms with Crippen LogP contribution in [0.5, 0.6) is 0 Å². The van der Waals surface area contributed by atoms with Gasteiger partial charge in [0.15, 0.2) is 10.9 Å². The number of hydrogen-bond donors (Lipinski definition) is 0. The van der Waals surface area contributed by atoms with Crippen LogP contribution in [-0.2, 0) is 14.3 Å². The Morgan fingerprint density at radius 2 is 1.79 bits per heavy atom. The number of carbonyl (C=O) groups is 2. The van der Waals surface area contributed by atoms with Crippen molar-refractivity contribution in [3.05, 3.63) is 78.6 Å². The van der Waals surface area contributed by atoms with E-state index in [2.05, 4.69) is 10.2 Å². The van der Waals surface area contributed by atoms with E-state index in [0.717, 1.165) is 11.3 Å². The molecule has 1 amide bonds. The van der Waals surface area contributed by atoms with Crippen molar-refractivity contribution in [2.45, 2.75) is 19.0 Å². The van der Waals surface area contributed by atoms with Crippen molar-refractivity contribution in [1.82, 2.24) is 14.8 Å². The van der Waals surface area contributed by atoms with Gasteiger partial charge in [0.05, 0.1) is 18.6 Å². The molecule has 0 fully saturated rings. The van der Waals surface area contributed by atoms with Gasteiger partial charge in [0, 0.05) is 11.4 Å². The van der Waals surface area contributed by atoms with E-state index in [9.17, 15) is 9.59 Å². The van der Waals surface area contributed by atoms with Gasteiger partial charge < -0.3 is 14.1 Å². The van der Waals surface area contributed by atoms with Crippen LogP contribution in [0.25, 0.3) is 17.3 Å². The lowest BCUT2D eigenvalue weighted by atomic mass is 10.2. The van der Waals surface area contributed by atoms with Gasteiger partial charge in [-0.1, -0.05) is 47.7 Å². The number of thioether (sulfide) groups is 1. The molecule has 9 heteroatoms. The molecule has 2 heterocycles. The lowest BCUT2D eigenvalue weighted by Gasteiger charge is -2.22. The van der Waals surface area contributed by atoms with Gasteiger partial charge in [-0.3, -0.25) is 14.2 Å². The average Bonchev–Trinajstić information content (AvgIpc) is 3.52. The van der Waals surface area contributed by atoms with Crippen molar-refractivity contribution in [1.29, 1.82) is 0 Å². The lowest BCUT2D eigenvalue weighted by molar-refractivity contribution is -0.142. The van der Waals surface area contributed by atoms with Gasteiger partial charge in [-0.15, -0.1) is 10.2 Å². The normalized spacial score (nSPS) is 10.8. The molecule has 0 aliphatic rings. The highest BCUT2D eigenvalue weighted by molar-refractivity contribution is 7.99. The molecule has 0 atom stereocenters. The summed E-state index contributed by atoms with van der Waals surface area (Å²) in [5.41, 5.74) is 2.53. The molecule has 0 saturated carbocycles. The molecule has 0 saturated heterocycles. The zero-order valence-electron chi connectivity index (χ0n) is 18.9. The van der Waals surface area contributed by atoms with Crippen molar-refractivity contribution in [3.8, 4) is 17.3 Å². The first-order valence-corrected chi connectivity index (χ1v) is 11.8. The molecule has 2 aromatic carbocycles. The van der Waals surface area contributed by atoms with E-state index in [1.165, 1.54) is 16.7 Å². The SMILES string of the molecule is CCOC(=O)CN(C(=O)CSc1nnc(-c2ccco2)n1-c1ccccc1)c1ccc(C)cc1. The summed E-state index contributed by atoms with van der Waals surface area (Å²) < 4.78 is 12.5. The first kappa shape index (κ1) is 23.3. The van der Waals surface area contributed by atoms with Crippen LogP contribution in [0.3, 0.4) is 0 Å². The van der Waals surface area contributed by atoms with Gasteiger partial charge in [-0.2, -0.15) is 0 Å². The molecular weight excluding hydrogens is 452 g/mol. The number of hydrogen-bond acceptors (Lipinski definition) is 7. The van der Waals surface area contributed by atoms with Crippen molar-refractivity contribution in [3.63, 3.8) is 0 Å². The smallest absolute Gasteiger partial charge is 0.326 e. The summed E-state index contributed by atoms with van der Waals surface area (Å²) in [4.78, 5) is 26.9. The quantitative estimate of drug-likeness (QED) is 0.259. The van der Waals surface area contributed by atoms with Gasteiger partial charge >= 0.3 is 5.97 Å². The number of carbonyl (C=O) groups excluding carboxylic acids is 2. The molecule has 4 aromatic rings. The topological polar surface area (TPSA) is 90.5 Å². The van der Waals surface area contributed by atoms with Crippen LogP contribution in [0.15, 0.2) is 82.6 Å². The Hall–Kier alpha value is -3.85. The second-order valence-corrected chi connectivity index (χ2v) is 8.31. The highest BCUT2D eigenvalue weighted by Crippen LogP contribution is 2.28. The third-order valence-electron chi connectivity index (χ3n) is 4.95. The molecule has 0 bridgehead atoms.